The first-order valence-corrected chi connectivity index (χ1v) is 8.15. The summed E-state index contributed by atoms with van der Waals surface area (Å²) in [4.78, 5) is 0. The molecule has 5 heteroatoms. The van der Waals surface area contributed by atoms with E-state index in [0.29, 0.717) is 32.3 Å². The summed E-state index contributed by atoms with van der Waals surface area (Å²) in [7, 11) is -2.46. The van der Waals surface area contributed by atoms with E-state index < -0.39 is 8.80 Å². The Morgan fingerprint density at radius 1 is 1.06 bits per heavy atom. The molecule has 0 aromatic rings. The van der Waals surface area contributed by atoms with Crippen LogP contribution in [-0.4, -0.2) is 35.2 Å². The second-order valence-corrected chi connectivity index (χ2v) is 6.88. The fourth-order valence-electron chi connectivity index (χ4n) is 1.39. The van der Waals surface area contributed by atoms with Crippen LogP contribution >= 0.6 is 0 Å². The van der Waals surface area contributed by atoms with Gasteiger partial charge in [0, 0.05) is 25.9 Å². The van der Waals surface area contributed by atoms with Gasteiger partial charge in [-0.05, 0) is 32.7 Å². The maximum absolute atomic E-state index is 5.91. The van der Waals surface area contributed by atoms with Crippen LogP contribution < -0.4 is 5.73 Å². The van der Waals surface area contributed by atoms with Gasteiger partial charge in [-0.3, -0.25) is 0 Å². The van der Waals surface area contributed by atoms with E-state index in [1.807, 2.05) is 13.8 Å². The van der Waals surface area contributed by atoms with Gasteiger partial charge in [0.2, 0.25) is 0 Å². The molecule has 16 heavy (non-hydrogen) atoms. The van der Waals surface area contributed by atoms with E-state index in [4.69, 9.17) is 19.0 Å². The molecule has 0 saturated carbocycles. The molecule has 0 rings (SSSR count). The van der Waals surface area contributed by atoms with Gasteiger partial charge < -0.3 is 19.0 Å². The van der Waals surface area contributed by atoms with Gasteiger partial charge in [0.05, 0.1) is 0 Å². The molecule has 0 bridgehead atoms. The zero-order valence-electron chi connectivity index (χ0n) is 11.1. The summed E-state index contributed by atoms with van der Waals surface area (Å²) in [6.07, 6.45) is 0.893. The van der Waals surface area contributed by atoms with Crippen molar-refractivity contribution in [3.05, 3.63) is 0 Å². The van der Waals surface area contributed by atoms with Crippen LogP contribution in [-0.2, 0) is 13.3 Å². The van der Waals surface area contributed by atoms with Crippen molar-refractivity contribution in [2.75, 3.05) is 26.4 Å². The van der Waals surface area contributed by atoms with Gasteiger partial charge in [-0.1, -0.05) is 13.8 Å². The summed E-state index contributed by atoms with van der Waals surface area (Å²) < 4.78 is 17.4. The molecular weight excluding hydrogens is 222 g/mol. The Morgan fingerprint density at radius 3 is 2.00 bits per heavy atom. The molecule has 0 aromatic heterocycles. The molecule has 2 N–H and O–H groups in total. The third-order valence-corrected chi connectivity index (χ3v) is 5.08. The first-order chi connectivity index (χ1) is 7.60. The fourth-order valence-corrected chi connectivity index (χ4v) is 4.18. The van der Waals surface area contributed by atoms with Crippen molar-refractivity contribution < 1.29 is 13.3 Å². The van der Waals surface area contributed by atoms with Crippen molar-refractivity contribution in [1.29, 1.82) is 0 Å². The maximum atomic E-state index is 5.91. The quantitative estimate of drug-likeness (QED) is 0.602. The minimum atomic E-state index is -2.46. The highest BCUT2D eigenvalue weighted by Crippen LogP contribution is 2.18. The lowest BCUT2D eigenvalue weighted by Gasteiger charge is -2.29. The predicted octanol–water partition coefficient (Wildman–Crippen LogP) is 2.02. The Labute approximate surface area is 101 Å². The van der Waals surface area contributed by atoms with Gasteiger partial charge in [0.15, 0.2) is 0 Å². The van der Waals surface area contributed by atoms with Crippen molar-refractivity contribution in [2.45, 2.75) is 40.2 Å². The summed E-state index contributed by atoms with van der Waals surface area (Å²) in [5.74, 6) is 0.491. The molecule has 0 saturated heterocycles. The molecule has 0 unspecified atom stereocenters. The average molecular weight is 249 g/mol. The smallest absolute Gasteiger partial charge is 0.374 e. The summed E-state index contributed by atoms with van der Waals surface area (Å²) >= 11 is 0. The van der Waals surface area contributed by atoms with Gasteiger partial charge in [-0.15, -0.1) is 0 Å². The van der Waals surface area contributed by atoms with E-state index in [1.54, 1.807) is 0 Å². The lowest BCUT2D eigenvalue weighted by Crippen LogP contribution is -2.47. The highest BCUT2D eigenvalue weighted by atomic mass is 28.4. The Bertz CT molecular complexity index is 161. The van der Waals surface area contributed by atoms with Crippen LogP contribution in [0.25, 0.3) is 0 Å². The topological polar surface area (TPSA) is 53.7 Å². The van der Waals surface area contributed by atoms with E-state index in [9.17, 15) is 0 Å². The van der Waals surface area contributed by atoms with Crippen molar-refractivity contribution in [2.24, 2.45) is 11.7 Å². The van der Waals surface area contributed by atoms with E-state index in [-0.39, 0.29) is 0 Å². The van der Waals surface area contributed by atoms with Gasteiger partial charge >= 0.3 is 8.80 Å². The number of hydrogen-bond donors (Lipinski definition) is 1. The van der Waals surface area contributed by atoms with E-state index in [2.05, 4.69) is 13.8 Å². The van der Waals surface area contributed by atoms with Gasteiger partial charge in [0.25, 0.3) is 0 Å². The van der Waals surface area contributed by atoms with Crippen LogP contribution in [0.2, 0.25) is 6.04 Å². The van der Waals surface area contributed by atoms with E-state index >= 15 is 0 Å². The highest BCUT2D eigenvalue weighted by molar-refractivity contribution is 6.60. The lowest BCUT2D eigenvalue weighted by molar-refractivity contribution is 0.0580. The van der Waals surface area contributed by atoms with E-state index in [1.165, 1.54) is 0 Å². The summed E-state index contributed by atoms with van der Waals surface area (Å²) in [5.41, 5.74) is 5.54. The van der Waals surface area contributed by atoms with Gasteiger partial charge in [-0.2, -0.15) is 0 Å². The zero-order chi connectivity index (χ0) is 12.4. The summed E-state index contributed by atoms with van der Waals surface area (Å²) in [6.45, 7) is 10.8. The third-order valence-electron chi connectivity index (χ3n) is 2.05. The van der Waals surface area contributed by atoms with E-state index in [0.717, 1.165) is 12.5 Å². The number of nitrogens with two attached hydrogens (primary N) is 1. The third kappa shape index (κ3) is 6.60. The van der Waals surface area contributed by atoms with Crippen molar-refractivity contribution in [3.63, 3.8) is 0 Å². The molecule has 4 nitrogen and oxygen atoms in total. The Hall–Kier alpha value is 0.0569. The standard InChI is InChI=1S/C11H27NO3Si/c1-5-13-16(14-6-2,9-7-8-12)15-10-11(3)4/h11H,5-10,12H2,1-4H3. The minimum absolute atomic E-state index is 0.491. The molecule has 0 aliphatic rings. The predicted molar refractivity (Wildman–Crippen MR) is 68.3 cm³/mol. The molecule has 0 radical (unpaired) electrons. The average Bonchev–Trinajstić information content (AvgIpc) is 2.24. The van der Waals surface area contributed by atoms with Crippen molar-refractivity contribution in [1.82, 2.24) is 0 Å². The second-order valence-electron chi connectivity index (χ2n) is 4.15. The second kappa shape index (κ2) is 9.12. The summed E-state index contributed by atoms with van der Waals surface area (Å²) in [5, 5.41) is 0. The Balaban J connectivity index is 4.36. The van der Waals surface area contributed by atoms with Crippen LogP contribution in [0, 0.1) is 5.92 Å². The molecule has 0 fully saturated rings. The minimum Gasteiger partial charge on any atom is -0.374 e. The molecular formula is C11H27NO3Si. The summed E-state index contributed by atoms with van der Waals surface area (Å²) in [6, 6.07) is 0.817. The van der Waals surface area contributed by atoms with Gasteiger partial charge in [-0.25, -0.2) is 0 Å². The SMILES string of the molecule is CCO[Si](CCCN)(OCC)OCC(C)C. The maximum Gasteiger partial charge on any atom is 0.500 e. The van der Waals surface area contributed by atoms with Gasteiger partial charge in [0.1, 0.15) is 0 Å². The largest absolute Gasteiger partial charge is 0.500 e. The number of rotatable bonds is 10. The first-order valence-electron chi connectivity index (χ1n) is 6.22. The fraction of sp³-hybridized carbons (Fsp3) is 1.00. The highest BCUT2D eigenvalue weighted by Gasteiger charge is 2.39. The molecule has 98 valence electrons. The van der Waals surface area contributed by atoms with Crippen LogP contribution in [0.1, 0.15) is 34.1 Å². The normalized spacial score (nSPS) is 12.4. The molecule has 0 aromatic carbocycles. The lowest BCUT2D eigenvalue weighted by atomic mass is 10.2. The number of hydrogen-bond acceptors (Lipinski definition) is 4. The van der Waals surface area contributed by atoms with Crippen LogP contribution in [0.5, 0.6) is 0 Å². The Morgan fingerprint density at radius 2 is 1.62 bits per heavy atom. The van der Waals surface area contributed by atoms with Crippen LogP contribution in [0.15, 0.2) is 0 Å². The molecule has 0 heterocycles. The monoisotopic (exact) mass is 249 g/mol. The molecule has 0 aliphatic carbocycles. The molecule has 0 atom stereocenters. The molecule has 0 amide bonds. The van der Waals surface area contributed by atoms with Crippen LogP contribution in [0.3, 0.4) is 0 Å². The van der Waals surface area contributed by atoms with Crippen LogP contribution in [0.4, 0.5) is 0 Å². The first kappa shape index (κ1) is 16.1. The Kier molecular flexibility index (Phi) is 9.16. The molecule has 0 aliphatic heterocycles. The molecule has 0 spiro atoms. The van der Waals surface area contributed by atoms with Crippen molar-refractivity contribution in [3.8, 4) is 0 Å². The van der Waals surface area contributed by atoms with Crippen molar-refractivity contribution >= 4 is 8.80 Å². The zero-order valence-corrected chi connectivity index (χ0v) is 12.1.